The Morgan fingerprint density at radius 2 is 2.19 bits per heavy atom. The van der Waals surface area contributed by atoms with Crippen LogP contribution < -0.4 is 11.1 Å². The van der Waals surface area contributed by atoms with E-state index in [0.29, 0.717) is 24.8 Å². The van der Waals surface area contributed by atoms with Crippen LogP contribution in [0, 0.1) is 0 Å². The highest BCUT2D eigenvalue weighted by Gasteiger charge is 2.11. The Kier molecular flexibility index (Phi) is 16.0. The number of nitrogens with two attached hydrogens (primary N) is 1. The second-order valence-corrected chi connectivity index (χ2v) is 11.3. The zero-order valence-corrected chi connectivity index (χ0v) is 24.6. The second kappa shape index (κ2) is 19.0. The molecule has 2 heterocycles. The number of rotatable bonds is 13. The summed E-state index contributed by atoms with van der Waals surface area (Å²) >= 11 is 4.91. The van der Waals surface area contributed by atoms with E-state index in [2.05, 4.69) is 39.8 Å². The molecule has 1 fully saturated rings. The number of ether oxygens (including phenoxy) is 1. The topological polar surface area (TPSA) is 87.6 Å². The molecule has 202 valence electrons. The monoisotopic (exact) mass is 560 g/mol. The number of allylic oxidation sites excluding steroid dienone is 4. The Hall–Kier alpha value is -2.11. The van der Waals surface area contributed by atoms with E-state index in [1.807, 2.05) is 61.2 Å². The molecule has 1 aromatic heterocycles. The highest BCUT2D eigenvalue weighted by Crippen LogP contribution is 2.21. The van der Waals surface area contributed by atoms with Gasteiger partial charge in [-0.3, -0.25) is 14.9 Å². The van der Waals surface area contributed by atoms with Crippen molar-refractivity contribution in [2.75, 3.05) is 45.6 Å². The number of hydrogen-bond donors (Lipinski definition) is 2. The first kappa shape index (κ1) is 31.1. The Morgan fingerprint density at radius 3 is 2.86 bits per heavy atom. The minimum atomic E-state index is 0.0338. The summed E-state index contributed by atoms with van der Waals surface area (Å²) in [6, 6.07) is 4.08. The fourth-order valence-electron chi connectivity index (χ4n) is 3.26. The van der Waals surface area contributed by atoms with Gasteiger partial charge in [-0.1, -0.05) is 30.9 Å². The van der Waals surface area contributed by atoms with E-state index in [0.717, 1.165) is 54.1 Å². The number of nitrogens with zero attached hydrogens (tertiary/aromatic N) is 4. The van der Waals surface area contributed by atoms with Crippen LogP contribution in [0.5, 0.6) is 0 Å². The summed E-state index contributed by atoms with van der Waals surface area (Å²) in [4.78, 5) is 18.6. The van der Waals surface area contributed by atoms with Crippen LogP contribution in [-0.4, -0.2) is 72.8 Å². The average Bonchev–Trinajstić information content (AvgIpc) is 3.42. The zero-order valence-electron chi connectivity index (χ0n) is 22.1. The summed E-state index contributed by atoms with van der Waals surface area (Å²) in [6.07, 6.45) is 15.1. The van der Waals surface area contributed by atoms with Gasteiger partial charge >= 0.3 is 0 Å². The van der Waals surface area contributed by atoms with Gasteiger partial charge in [0.15, 0.2) is 0 Å². The molecule has 3 N–H and O–H groups in total. The maximum Gasteiger partial charge on any atom is 0.220 e. The van der Waals surface area contributed by atoms with Gasteiger partial charge in [-0.05, 0) is 50.1 Å². The third-order valence-corrected chi connectivity index (χ3v) is 7.72. The normalized spacial score (nSPS) is 17.6. The SMILES string of the molecule is C=CC(=CC=CC)SC(C)NC(N=C(N)CC(=N/C=C/c1cccs1)SC)=NCCCN1CCOCC1. The summed E-state index contributed by atoms with van der Waals surface area (Å²) in [7, 11) is 0. The van der Waals surface area contributed by atoms with Crippen molar-refractivity contribution in [3.05, 3.63) is 64.4 Å². The maximum absolute atomic E-state index is 6.35. The van der Waals surface area contributed by atoms with Crippen LogP contribution in [0.4, 0.5) is 0 Å². The van der Waals surface area contributed by atoms with Crippen molar-refractivity contribution in [2.45, 2.75) is 32.1 Å². The van der Waals surface area contributed by atoms with Gasteiger partial charge in [0, 0.05) is 42.2 Å². The zero-order chi connectivity index (χ0) is 26.7. The lowest BCUT2D eigenvalue weighted by atomic mass is 10.3. The highest BCUT2D eigenvalue weighted by atomic mass is 32.2. The van der Waals surface area contributed by atoms with Crippen molar-refractivity contribution in [3.8, 4) is 0 Å². The molecule has 0 radical (unpaired) electrons. The van der Waals surface area contributed by atoms with Crippen molar-refractivity contribution >= 4 is 57.8 Å². The molecule has 37 heavy (non-hydrogen) atoms. The molecule has 0 aliphatic carbocycles. The molecular formula is C27H40N6OS3. The lowest BCUT2D eigenvalue weighted by Crippen LogP contribution is -2.37. The maximum atomic E-state index is 6.35. The fraction of sp³-hybridized carbons (Fsp3) is 0.444. The Bertz CT molecular complexity index is 976. The van der Waals surface area contributed by atoms with E-state index >= 15 is 0 Å². The molecule has 1 aliphatic rings. The average molecular weight is 561 g/mol. The van der Waals surface area contributed by atoms with Crippen LogP contribution in [-0.2, 0) is 4.74 Å². The molecule has 0 bridgehead atoms. The largest absolute Gasteiger partial charge is 0.387 e. The number of thiophene rings is 1. The van der Waals surface area contributed by atoms with E-state index in [1.165, 1.54) is 0 Å². The minimum absolute atomic E-state index is 0.0338. The summed E-state index contributed by atoms with van der Waals surface area (Å²) in [5, 5.41) is 6.40. The molecule has 7 nitrogen and oxygen atoms in total. The molecule has 0 aromatic carbocycles. The Morgan fingerprint density at radius 1 is 1.38 bits per heavy atom. The predicted molar refractivity (Wildman–Crippen MR) is 168 cm³/mol. The third kappa shape index (κ3) is 13.8. The minimum Gasteiger partial charge on any atom is -0.387 e. The first-order chi connectivity index (χ1) is 18.0. The summed E-state index contributed by atoms with van der Waals surface area (Å²) < 4.78 is 5.44. The molecule has 0 saturated carbocycles. The molecule has 1 unspecified atom stereocenters. The van der Waals surface area contributed by atoms with Crippen LogP contribution in [0.1, 0.15) is 31.6 Å². The van der Waals surface area contributed by atoms with E-state index < -0.39 is 0 Å². The number of hydrogen-bond acceptors (Lipinski definition) is 7. The molecule has 1 aliphatic heterocycles. The van der Waals surface area contributed by atoms with Gasteiger partial charge < -0.3 is 15.8 Å². The third-order valence-electron chi connectivity index (χ3n) is 5.12. The molecule has 0 amide bonds. The van der Waals surface area contributed by atoms with E-state index in [4.69, 9.17) is 15.5 Å². The van der Waals surface area contributed by atoms with Crippen LogP contribution in [0.25, 0.3) is 6.08 Å². The Labute approximate surface area is 234 Å². The number of guanidine groups is 1. The number of amidine groups is 1. The van der Waals surface area contributed by atoms with E-state index in [9.17, 15) is 0 Å². The number of thioether (sulfide) groups is 2. The standard InChI is InChI=1S/C27H40N6OS3/c1-5-7-10-23(6-2)37-22(3)31-27(30-13-9-15-33-16-18-34-19-17-33)32-25(28)21-26(35-4)29-14-12-24-11-8-20-36-24/h5-8,10-12,14,20,22H,2,9,13,15-19,21H2,1,3-4H3,(H3,28,30,31,32)/b7-5?,14-12+,23-10?,29-26?. The van der Waals surface area contributed by atoms with Crippen molar-refractivity contribution in [3.63, 3.8) is 0 Å². The lowest BCUT2D eigenvalue weighted by Gasteiger charge is -2.26. The van der Waals surface area contributed by atoms with Crippen molar-refractivity contribution < 1.29 is 4.74 Å². The van der Waals surface area contributed by atoms with Gasteiger partial charge in [-0.25, -0.2) is 4.99 Å². The van der Waals surface area contributed by atoms with Gasteiger partial charge in [0.05, 0.1) is 30.1 Å². The van der Waals surface area contributed by atoms with Crippen LogP contribution >= 0.6 is 34.9 Å². The van der Waals surface area contributed by atoms with Gasteiger partial charge in [-0.2, -0.15) is 0 Å². The van der Waals surface area contributed by atoms with E-state index in [-0.39, 0.29) is 5.37 Å². The smallest absolute Gasteiger partial charge is 0.220 e. The van der Waals surface area contributed by atoms with Gasteiger partial charge in [-0.15, -0.1) is 34.9 Å². The second-order valence-electron chi connectivity index (χ2n) is 8.05. The van der Waals surface area contributed by atoms with Crippen LogP contribution in [0.3, 0.4) is 0 Å². The van der Waals surface area contributed by atoms with Crippen LogP contribution in [0.15, 0.2) is 74.5 Å². The van der Waals surface area contributed by atoms with E-state index in [1.54, 1.807) is 34.9 Å². The van der Waals surface area contributed by atoms with Crippen molar-refractivity contribution in [1.82, 2.24) is 10.2 Å². The highest BCUT2D eigenvalue weighted by molar-refractivity contribution is 8.13. The summed E-state index contributed by atoms with van der Waals surface area (Å²) in [5.74, 6) is 1.02. The number of aliphatic imine (C=N–C) groups is 3. The molecule has 0 spiro atoms. The van der Waals surface area contributed by atoms with Crippen LogP contribution in [0.2, 0.25) is 0 Å². The molecular weight excluding hydrogens is 521 g/mol. The quantitative estimate of drug-likeness (QED) is 0.107. The van der Waals surface area contributed by atoms with Crippen molar-refractivity contribution in [1.29, 1.82) is 0 Å². The van der Waals surface area contributed by atoms with Gasteiger partial charge in [0.2, 0.25) is 5.96 Å². The molecule has 10 heteroatoms. The lowest BCUT2D eigenvalue weighted by molar-refractivity contribution is 0.0377. The summed E-state index contributed by atoms with van der Waals surface area (Å²) in [5.41, 5.74) is 6.35. The molecule has 2 rings (SSSR count). The number of morpholine rings is 1. The molecule has 1 saturated heterocycles. The molecule has 1 atom stereocenters. The van der Waals surface area contributed by atoms with Crippen molar-refractivity contribution in [2.24, 2.45) is 20.7 Å². The number of nitrogens with one attached hydrogen (secondary N) is 1. The van der Waals surface area contributed by atoms with Gasteiger partial charge in [0.25, 0.3) is 0 Å². The summed E-state index contributed by atoms with van der Waals surface area (Å²) in [6.45, 7) is 13.2. The Balaban J connectivity index is 2.06. The fourth-order valence-corrected chi connectivity index (χ4v) is 5.16. The first-order valence-corrected chi connectivity index (χ1v) is 15.4. The predicted octanol–water partition coefficient (Wildman–Crippen LogP) is 5.62. The molecule has 1 aromatic rings. The first-order valence-electron chi connectivity index (χ1n) is 12.4. The van der Waals surface area contributed by atoms with Gasteiger partial charge in [0.1, 0.15) is 5.84 Å².